The van der Waals surface area contributed by atoms with Gasteiger partial charge in [-0.15, -0.1) is 11.3 Å². The van der Waals surface area contributed by atoms with E-state index in [1.54, 1.807) is 34.4 Å². The Morgan fingerprint density at radius 3 is 2.83 bits per heavy atom. The highest BCUT2D eigenvalue weighted by Gasteiger charge is 2.08. The van der Waals surface area contributed by atoms with Crippen molar-refractivity contribution in [2.24, 2.45) is 0 Å². The predicted octanol–water partition coefficient (Wildman–Crippen LogP) is 3.28. The molecule has 0 saturated carbocycles. The standard InChI is InChI=1S/C16H15ClN4OS/c1-11-9-23-16(20-11)14-7-21(10-19-14)8-15(22)18-6-12-2-4-13(17)5-3-12/h2-5,7,9-10H,6,8H2,1H3,(H,18,22). The van der Waals surface area contributed by atoms with Crippen LogP contribution in [0.3, 0.4) is 0 Å². The molecule has 0 atom stereocenters. The van der Waals surface area contributed by atoms with Gasteiger partial charge in [-0.25, -0.2) is 9.97 Å². The molecule has 1 aromatic carbocycles. The maximum Gasteiger partial charge on any atom is 0.240 e. The molecule has 2 aromatic heterocycles. The van der Waals surface area contributed by atoms with Crippen molar-refractivity contribution in [2.45, 2.75) is 20.0 Å². The molecule has 0 unspecified atom stereocenters. The van der Waals surface area contributed by atoms with Crippen LogP contribution in [0, 0.1) is 6.92 Å². The first-order chi connectivity index (χ1) is 11.1. The van der Waals surface area contributed by atoms with Gasteiger partial charge in [0.25, 0.3) is 0 Å². The third-order valence-electron chi connectivity index (χ3n) is 3.20. The van der Waals surface area contributed by atoms with E-state index >= 15 is 0 Å². The molecule has 1 N–H and O–H groups in total. The van der Waals surface area contributed by atoms with E-state index in [0.717, 1.165) is 22.0 Å². The van der Waals surface area contributed by atoms with Gasteiger partial charge < -0.3 is 9.88 Å². The minimum Gasteiger partial charge on any atom is -0.350 e. The summed E-state index contributed by atoms with van der Waals surface area (Å²) in [4.78, 5) is 20.7. The number of aromatic nitrogens is 3. The number of thiazole rings is 1. The first-order valence-corrected chi connectivity index (χ1v) is 8.31. The Hall–Kier alpha value is -2.18. The van der Waals surface area contributed by atoms with E-state index in [0.29, 0.717) is 11.6 Å². The molecular weight excluding hydrogens is 332 g/mol. The molecule has 7 heteroatoms. The number of carbonyl (C=O) groups excluding carboxylic acids is 1. The van der Waals surface area contributed by atoms with Gasteiger partial charge in [0.15, 0.2) is 0 Å². The number of nitrogens with one attached hydrogen (secondary N) is 1. The molecule has 118 valence electrons. The highest BCUT2D eigenvalue weighted by atomic mass is 35.5. The number of hydrogen-bond donors (Lipinski definition) is 1. The van der Waals surface area contributed by atoms with Gasteiger partial charge in [-0.2, -0.15) is 0 Å². The second-order valence-corrected chi connectivity index (χ2v) is 6.42. The largest absolute Gasteiger partial charge is 0.350 e. The average Bonchev–Trinajstić information content (AvgIpc) is 3.16. The number of hydrogen-bond acceptors (Lipinski definition) is 4. The topological polar surface area (TPSA) is 59.8 Å². The van der Waals surface area contributed by atoms with E-state index in [-0.39, 0.29) is 12.5 Å². The molecule has 0 fully saturated rings. The van der Waals surface area contributed by atoms with Crippen LogP contribution in [0.5, 0.6) is 0 Å². The minimum atomic E-state index is -0.0702. The van der Waals surface area contributed by atoms with Crippen LogP contribution < -0.4 is 5.32 Å². The second kappa shape index (κ2) is 6.93. The van der Waals surface area contributed by atoms with E-state index in [1.807, 2.05) is 30.6 Å². The van der Waals surface area contributed by atoms with Gasteiger partial charge in [0.2, 0.25) is 5.91 Å². The Kier molecular flexibility index (Phi) is 4.73. The van der Waals surface area contributed by atoms with Crippen molar-refractivity contribution < 1.29 is 4.79 Å². The second-order valence-electron chi connectivity index (χ2n) is 5.13. The van der Waals surface area contributed by atoms with Crippen LogP contribution in [-0.4, -0.2) is 20.4 Å². The third kappa shape index (κ3) is 4.18. The number of benzene rings is 1. The Bertz CT molecular complexity index is 810. The summed E-state index contributed by atoms with van der Waals surface area (Å²) in [5, 5.41) is 6.40. The molecule has 23 heavy (non-hydrogen) atoms. The Morgan fingerprint density at radius 2 is 2.13 bits per heavy atom. The normalized spacial score (nSPS) is 10.7. The van der Waals surface area contributed by atoms with Crippen LogP contribution in [0.2, 0.25) is 5.02 Å². The fourth-order valence-electron chi connectivity index (χ4n) is 2.05. The molecule has 0 spiro atoms. The first-order valence-electron chi connectivity index (χ1n) is 7.05. The molecule has 0 radical (unpaired) electrons. The molecule has 0 aliphatic carbocycles. The summed E-state index contributed by atoms with van der Waals surface area (Å²) in [7, 11) is 0. The Labute approximate surface area is 143 Å². The molecule has 0 aliphatic heterocycles. The van der Waals surface area contributed by atoms with E-state index < -0.39 is 0 Å². The zero-order chi connectivity index (χ0) is 16.2. The highest BCUT2D eigenvalue weighted by Crippen LogP contribution is 2.21. The molecule has 3 rings (SSSR count). The summed E-state index contributed by atoms with van der Waals surface area (Å²) >= 11 is 7.38. The van der Waals surface area contributed by atoms with E-state index in [2.05, 4.69) is 15.3 Å². The summed E-state index contributed by atoms with van der Waals surface area (Å²) in [6.45, 7) is 2.65. The summed E-state index contributed by atoms with van der Waals surface area (Å²) in [6.07, 6.45) is 3.48. The van der Waals surface area contributed by atoms with Crippen molar-refractivity contribution >= 4 is 28.8 Å². The van der Waals surface area contributed by atoms with Crippen molar-refractivity contribution in [1.82, 2.24) is 19.9 Å². The molecule has 5 nitrogen and oxygen atoms in total. The van der Waals surface area contributed by atoms with Gasteiger partial charge in [-0.1, -0.05) is 23.7 Å². The Balaban J connectivity index is 1.56. The third-order valence-corrected chi connectivity index (χ3v) is 4.44. The molecule has 3 aromatic rings. The smallest absolute Gasteiger partial charge is 0.240 e. The molecule has 2 heterocycles. The number of nitrogens with zero attached hydrogens (tertiary/aromatic N) is 3. The lowest BCUT2D eigenvalue weighted by atomic mass is 10.2. The number of amides is 1. The molecule has 1 amide bonds. The zero-order valence-electron chi connectivity index (χ0n) is 12.5. The first kappa shape index (κ1) is 15.7. The van der Waals surface area contributed by atoms with Crippen molar-refractivity contribution in [3.63, 3.8) is 0 Å². The molecule has 0 aliphatic rings. The maximum atomic E-state index is 12.0. The molecule has 0 saturated heterocycles. The SMILES string of the molecule is Cc1csc(-c2cn(CC(=O)NCc3ccc(Cl)cc3)cn2)n1. The van der Waals surface area contributed by atoms with Gasteiger partial charge in [0, 0.05) is 28.8 Å². The van der Waals surface area contributed by atoms with Crippen molar-refractivity contribution in [3.8, 4) is 10.7 Å². The van der Waals surface area contributed by atoms with E-state index in [4.69, 9.17) is 11.6 Å². The maximum absolute atomic E-state index is 12.0. The van der Waals surface area contributed by atoms with Gasteiger partial charge in [-0.05, 0) is 24.6 Å². The van der Waals surface area contributed by atoms with Gasteiger partial charge >= 0.3 is 0 Å². The fraction of sp³-hybridized carbons (Fsp3) is 0.188. The minimum absolute atomic E-state index is 0.0702. The quantitative estimate of drug-likeness (QED) is 0.771. The number of carbonyl (C=O) groups is 1. The van der Waals surface area contributed by atoms with Crippen LogP contribution in [0.4, 0.5) is 0 Å². The van der Waals surface area contributed by atoms with Crippen LogP contribution in [0.1, 0.15) is 11.3 Å². The van der Waals surface area contributed by atoms with E-state index in [1.165, 1.54) is 0 Å². The summed E-state index contributed by atoms with van der Waals surface area (Å²) in [5.74, 6) is -0.0702. The van der Waals surface area contributed by atoms with Crippen LogP contribution in [-0.2, 0) is 17.9 Å². The molecule has 0 bridgehead atoms. The van der Waals surface area contributed by atoms with Crippen LogP contribution in [0.15, 0.2) is 42.2 Å². The lowest BCUT2D eigenvalue weighted by Gasteiger charge is -2.06. The summed E-state index contributed by atoms with van der Waals surface area (Å²) in [5.41, 5.74) is 2.76. The molecular formula is C16H15ClN4OS. The van der Waals surface area contributed by atoms with Gasteiger partial charge in [-0.3, -0.25) is 4.79 Å². The number of imidazole rings is 1. The monoisotopic (exact) mass is 346 g/mol. The average molecular weight is 347 g/mol. The summed E-state index contributed by atoms with van der Waals surface area (Å²) < 4.78 is 1.75. The highest BCUT2D eigenvalue weighted by molar-refractivity contribution is 7.13. The van der Waals surface area contributed by atoms with Crippen molar-refractivity contribution in [2.75, 3.05) is 0 Å². The van der Waals surface area contributed by atoms with Gasteiger partial charge in [0.1, 0.15) is 17.2 Å². The van der Waals surface area contributed by atoms with Crippen molar-refractivity contribution in [3.05, 3.63) is 58.4 Å². The number of rotatable bonds is 5. The van der Waals surface area contributed by atoms with Crippen LogP contribution in [0.25, 0.3) is 10.7 Å². The summed E-state index contributed by atoms with van der Waals surface area (Å²) in [6, 6.07) is 7.40. The zero-order valence-corrected chi connectivity index (χ0v) is 14.1. The fourth-order valence-corrected chi connectivity index (χ4v) is 2.94. The number of halogens is 1. The number of aryl methyl sites for hydroxylation is 1. The van der Waals surface area contributed by atoms with E-state index in [9.17, 15) is 4.79 Å². The lowest BCUT2D eigenvalue weighted by Crippen LogP contribution is -2.26. The van der Waals surface area contributed by atoms with Gasteiger partial charge in [0.05, 0.1) is 6.33 Å². The lowest BCUT2D eigenvalue weighted by molar-refractivity contribution is -0.121. The predicted molar refractivity (Wildman–Crippen MR) is 91.4 cm³/mol. The van der Waals surface area contributed by atoms with Crippen molar-refractivity contribution in [1.29, 1.82) is 0 Å². The van der Waals surface area contributed by atoms with Crippen LogP contribution >= 0.6 is 22.9 Å². The Morgan fingerprint density at radius 1 is 1.35 bits per heavy atom.